The van der Waals surface area contributed by atoms with Crippen molar-refractivity contribution in [3.63, 3.8) is 0 Å². The number of nitrogens with zero attached hydrogens (tertiary/aromatic N) is 1. The molecule has 0 bridgehead atoms. The van der Waals surface area contributed by atoms with Gasteiger partial charge < -0.3 is 10.5 Å². The summed E-state index contributed by atoms with van der Waals surface area (Å²) in [6.45, 7) is 1.92. The van der Waals surface area contributed by atoms with Crippen LogP contribution < -0.4 is 5.73 Å². The summed E-state index contributed by atoms with van der Waals surface area (Å²) < 4.78 is 31.0. The molecule has 0 unspecified atom stereocenters. The molecule has 4 nitrogen and oxygen atoms in total. The van der Waals surface area contributed by atoms with Crippen LogP contribution in [0.15, 0.2) is 6.20 Å². The second-order valence-electron chi connectivity index (χ2n) is 3.45. The van der Waals surface area contributed by atoms with Gasteiger partial charge in [0.1, 0.15) is 3.70 Å². The van der Waals surface area contributed by atoms with Crippen LogP contribution in [0.2, 0.25) is 0 Å². The van der Waals surface area contributed by atoms with Gasteiger partial charge in [-0.1, -0.05) is 0 Å². The van der Waals surface area contributed by atoms with Crippen molar-refractivity contribution in [3.8, 4) is 0 Å². The Morgan fingerprint density at radius 3 is 2.78 bits per heavy atom. The van der Waals surface area contributed by atoms with E-state index in [9.17, 15) is 13.6 Å². The van der Waals surface area contributed by atoms with E-state index in [-0.39, 0.29) is 34.4 Å². The average Bonchev–Trinajstić information content (AvgIpc) is 2.29. The fraction of sp³-hybridized carbons (Fsp3) is 0.455. The van der Waals surface area contributed by atoms with E-state index in [1.807, 2.05) is 0 Å². The van der Waals surface area contributed by atoms with Crippen molar-refractivity contribution in [2.75, 3.05) is 6.61 Å². The second-order valence-corrected chi connectivity index (χ2v) is 4.47. The number of esters is 1. The first-order valence-electron chi connectivity index (χ1n) is 5.31. The van der Waals surface area contributed by atoms with Crippen LogP contribution in [-0.2, 0) is 22.5 Å². The van der Waals surface area contributed by atoms with E-state index in [2.05, 4.69) is 4.98 Å². The largest absolute Gasteiger partial charge is 0.466 e. The minimum atomic E-state index is -2.69. The Labute approximate surface area is 117 Å². The Kier molecular flexibility index (Phi) is 5.86. The third-order valence-corrected chi connectivity index (χ3v) is 3.19. The van der Waals surface area contributed by atoms with Gasteiger partial charge in [-0.15, -0.1) is 0 Å². The van der Waals surface area contributed by atoms with E-state index in [4.69, 9.17) is 10.5 Å². The van der Waals surface area contributed by atoms with Gasteiger partial charge in [0.05, 0.1) is 18.6 Å². The highest BCUT2D eigenvalue weighted by atomic mass is 127. The van der Waals surface area contributed by atoms with E-state index in [0.29, 0.717) is 5.56 Å². The Bertz CT molecular complexity index is 441. The van der Waals surface area contributed by atoms with Crippen LogP contribution >= 0.6 is 22.6 Å². The van der Waals surface area contributed by atoms with Gasteiger partial charge in [-0.25, -0.2) is 13.8 Å². The molecule has 0 saturated carbocycles. The van der Waals surface area contributed by atoms with Crippen LogP contribution in [-0.4, -0.2) is 17.6 Å². The molecular weight excluding hydrogens is 357 g/mol. The first-order chi connectivity index (χ1) is 8.51. The SMILES string of the molecule is CCOC(=O)Cc1c(CN)cnc(I)c1C(F)F. The highest BCUT2D eigenvalue weighted by Gasteiger charge is 2.22. The van der Waals surface area contributed by atoms with Gasteiger partial charge in [-0.3, -0.25) is 4.79 Å². The highest BCUT2D eigenvalue weighted by molar-refractivity contribution is 14.1. The van der Waals surface area contributed by atoms with Gasteiger partial charge in [0.25, 0.3) is 6.43 Å². The minimum absolute atomic E-state index is 0.0539. The molecule has 0 aliphatic rings. The fourth-order valence-electron chi connectivity index (χ4n) is 1.54. The van der Waals surface area contributed by atoms with Crippen molar-refractivity contribution >= 4 is 28.6 Å². The number of alkyl halides is 2. The molecule has 0 radical (unpaired) electrons. The highest BCUT2D eigenvalue weighted by Crippen LogP contribution is 2.29. The minimum Gasteiger partial charge on any atom is -0.466 e. The Hall–Kier alpha value is -0.830. The number of aromatic nitrogens is 1. The predicted octanol–water partition coefficient (Wildman–Crippen LogP) is 2.19. The first-order valence-corrected chi connectivity index (χ1v) is 6.39. The number of carbonyl (C=O) groups is 1. The summed E-state index contributed by atoms with van der Waals surface area (Å²) in [6.07, 6.45) is -1.49. The Morgan fingerprint density at radius 1 is 1.61 bits per heavy atom. The molecule has 1 heterocycles. The van der Waals surface area contributed by atoms with Gasteiger partial charge >= 0.3 is 5.97 Å². The topological polar surface area (TPSA) is 65.2 Å². The average molecular weight is 370 g/mol. The zero-order chi connectivity index (χ0) is 13.7. The summed E-state index contributed by atoms with van der Waals surface area (Å²) in [7, 11) is 0. The number of ether oxygens (including phenoxy) is 1. The van der Waals surface area contributed by atoms with Gasteiger partial charge in [0.15, 0.2) is 0 Å². The summed E-state index contributed by atoms with van der Waals surface area (Å²) in [5.74, 6) is -0.545. The van der Waals surface area contributed by atoms with Crippen molar-refractivity contribution in [1.82, 2.24) is 4.98 Å². The number of hydrogen-bond donors (Lipinski definition) is 1. The summed E-state index contributed by atoms with van der Waals surface area (Å²) in [5.41, 5.74) is 5.92. The zero-order valence-electron chi connectivity index (χ0n) is 9.75. The summed E-state index contributed by atoms with van der Waals surface area (Å²) in [4.78, 5) is 15.3. The standard InChI is InChI=1S/C11H13F2IN2O2/c1-2-18-8(17)3-7-6(4-15)5-16-11(14)9(7)10(12)13/h5,10H,2-4,15H2,1H3. The molecule has 18 heavy (non-hydrogen) atoms. The molecule has 0 saturated heterocycles. The summed E-state index contributed by atoms with van der Waals surface area (Å²) >= 11 is 1.72. The maximum absolute atomic E-state index is 13.0. The molecule has 0 fully saturated rings. The normalized spacial score (nSPS) is 10.8. The lowest BCUT2D eigenvalue weighted by molar-refractivity contribution is -0.142. The maximum atomic E-state index is 13.0. The molecule has 1 rings (SSSR count). The van der Waals surface area contributed by atoms with Gasteiger partial charge in [-0.05, 0) is 40.6 Å². The summed E-state index contributed by atoms with van der Waals surface area (Å²) in [5, 5.41) is 0. The molecule has 0 aliphatic heterocycles. The molecule has 2 N–H and O–H groups in total. The van der Waals surface area contributed by atoms with E-state index in [0.717, 1.165) is 0 Å². The molecular formula is C11H13F2IN2O2. The zero-order valence-corrected chi connectivity index (χ0v) is 11.9. The Balaban J connectivity index is 3.19. The van der Waals surface area contributed by atoms with Crippen molar-refractivity contribution in [2.45, 2.75) is 26.3 Å². The Morgan fingerprint density at radius 2 is 2.28 bits per heavy atom. The van der Waals surface area contributed by atoms with E-state index in [1.54, 1.807) is 29.5 Å². The summed E-state index contributed by atoms with van der Waals surface area (Å²) in [6, 6.07) is 0. The molecule has 0 aromatic carbocycles. The van der Waals surface area contributed by atoms with Crippen LogP contribution in [0.4, 0.5) is 8.78 Å². The molecule has 7 heteroatoms. The van der Waals surface area contributed by atoms with Crippen molar-refractivity contribution < 1.29 is 18.3 Å². The number of hydrogen-bond acceptors (Lipinski definition) is 4. The lowest BCUT2D eigenvalue weighted by atomic mass is 10.0. The lowest BCUT2D eigenvalue weighted by Gasteiger charge is -2.14. The van der Waals surface area contributed by atoms with E-state index >= 15 is 0 Å². The van der Waals surface area contributed by atoms with E-state index < -0.39 is 12.4 Å². The van der Waals surface area contributed by atoms with Crippen LogP contribution in [0.1, 0.15) is 30.0 Å². The van der Waals surface area contributed by atoms with Gasteiger partial charge in [0.2, 0.25) is 0 Å². The van der Waals surface area contributed by atoms with Crippen molar-refractivity contribution in [2.24, 2.45) is 5.73 Å². The second kappa shape index (κ2) is 6.93. The van der Waals surface area contributed by atoms with E-state index in [1.165, 1.54) is 6.20 Å². The molecule has 0 spiro atoms. The van der Waals surface area contributed by atoms with Gasteiger partial charge in [-0.2, -0.15) is 0 Å². The fourth-order valence-corrected chi connectivity index (χ4v) is 2.24. The number of rotatable bonds is 5. The molecule has 1 aromatic heterocycles. The third kappa shape index (κ3) is 3.58. The van der Waals surface area contributed by atoms with Crippen LogP contribution in [0.3, 0.4) is 0 Å². The number of halogens is 3. The smallest absolute Gasteiger partial charge is 0.310 e. The quantitative estimate of drug-likeness (QED) is 0.490. The number of nitrogens with two attached hydrogens (primary N) is 1. The number of carbonyl (C=O) groups excluding carboxylic acids is 1. The molecule has 0 atom stereocenters. The van der Waals surface area contributed by atoms with Crippen LogP contribution in [0.25, 0.3) is 0 Å². The molecule has 0 amide bonds. The van der Waals surface area contributed by atoms with Crippen LogP contribution in [0.5, 0.6) is 0 Å². The molecule has 100 valence electrons. The van der Waals surface area contributed by atoms with Crippen LogP contribution in [0, 0.1) is 3.70 Å². The molecule has 1 aromatic rings. The lowest BCUT2D eigenvalue weighted by Crippen LogP contribution is -2.15. The van der Waals surface area contributed by atoms with Crippen molar-refractivity contribution in [3.05, 3.63) is 26.6 Å². The predicted molar refractivity (Wildman–Crippen MR) is 70.1 cm³/mol. The molecule has 0 aliphatic carbocycles. The van der Waals surface area contributed by atoms with Crippen molar-refractivity contribution in [1.29, 1.82) is 0 Å². The van der Waals surface area contributed by atoms with Gasteiger partial charge in [0, 0.05) is 12.7 Å². The maximum Gasteiger partial charge on any atom is 0.310 e. The monoisotopic (exact) mass is 370 g/mol. The number of pyridine rings is 1. The first kappa shape index (κ1) is 15.2. The third-order valence-electron chi connectivity index (χ3n) is 2.33.